The Balaban J connectivity index is 1.46. The van der Waals surface area contributed by atoms with Gasteiger partial charge in [-0.2, -0.15) is 0 Å². The third-order valence-corrected chi connectivity index (χ3v) is 5.29. The molecule has 1 fully saturated rings. The van der Waals surface area contributed by atoms with Crippen LogP contribution in [-0.4, -0.2) is 23.6 Å². The molecule has 142 valence electrons. The first-order chi connectivity index (χ1) is 13.7. The lowest BCUT2D eigenvalue weighted by molar-refractivity contribution is -0.162. The van der Waals surface area contributed by atoms with Crippen LogP contribution in [0.5, 0.6) is 0 Å². The van der Waals surface area contributed by atoms with E-state index in [0.29, 0.717) is 6.54 Å². The molecule has 2 N–H and O–H groups in total. The second kappa shape index (κ2) is 8.38. The highest BCUT2D eigenvalue weighted by atomic mass is 16.5. The van der Waals surface area contributed by atoms with Crippen LogP contribution in [0.15, 0.2) is 91.0 Å². The Kier molecular flexibility index (Phi) is 5.51. The quantitative estimate of drug-likeness (QED) is 0.670. The monoisotopic (exact) mass is 372 g/mol. The van der Waals surface area contributed by atoms with Crippen LogP contribution < -0.4 is 5.73 Å². The van der Waals surface area contributed by atoms with Crippen LogP contribution in [-0.2, 0) is 16.1 Å². The maximum absolute atomic E-state index is 12.5. The van der Waals surface area contributed by atoms with Crippen molar-refractivity contribution in [1.29, 1.82) is 0 Å². The van der Waals surface area contributed by atoms with Gasteiger partial charge in [0.25, 0.3) is 0 Å². The van der Waals surface area contributed by atoms with Gasteiger partial charge in [0, 0.05) is 6.54 Å². The first-order valence-electron chi connectivity index (χ1n) is 9.56. The smallest absolute Gasteiger partial charge is 0.313 e. The van der Waals surface area contributed by atoms with Gasteiger partial charge in [0.2, 0.25) is 0 Å². The Bertz CT molecular complexity index is 860. The van der Waals surface area contributed by atoms with Gasteiger partial charge >= 0.3 is 5.97 Å². The fraction of sp³-hybridized carbons (Fsp3) is 0.208. The Morgan fingerprint density at radius 1 is 0.893 bits per heavy atom. The normalized spacial score (nSPS) is 19.2. The Hall–Kier alpha value is -2.95. The second-order valence-electron chi connectivity index (χ2n) is 7.11. The molecule has 1 heterocycles. The van der Waals surface area contributed by atoms with Crippen LogP contribution >= 0.6 is 0 Å². The van der Waals surface area contributed by atoms with Crippen LogP contribution in [0, 0.1) is 5.92 Å². The SMILES string of the molecule is N[C@@H]1[C@H](C(=O)OCc2ccccc2)CN1C(c1ccccc1)c1ccccc1. The van der Waals surface area contributed by atoms with E-state index in [0.717, 1.165) is 5.56 Å². The summed E-state index contributed by atoms with van der Waals surface area (Å²) in [5.74, 6) is -0.536. The topological polar surface area (TPSA) is 55.6 Å². The zero-order chi connectivity index (χ0) is 19.3. The molecule has 2 atom stereocenters. The van der Waals surface area contributed by atoms with Gasteiger partial charge in [-0.25, -0.2) is 0 Å². The highest BCUT2D eigenvalue weighted by molar-refractivity contribution is 5.74. The van der Waals surface area contributed by atoms with E-state index >= 15 is 0 Å². The Labute approximate surface area is 165 Å². The Morgan fingerprint density at radius 3 is 1.89 bits per heavy atom. The van der Waals surface area contributed by atoms with Gasteiger partial charge < -0.3 is 10.5 Å². The van der Waals surface area contributed by atoms with Gasteiger partial charge in [0.05, 0.1) is 18.1 Å². The van der Waals surface area contributed by atoms with E-state index in [4.69, 9.17) is 10.5 Å². The summed E-state index contributed by atoms with van der Waals surface area (Å²) in [5, 5.41) is 0. The van der Waals surface area contributed by atoms with Crippen molar-refractivity contribution in [2.75, 3.05) is 6.54 Å². The summed E-state index contributed by atoms with van der Waals surface area (Å²) in [4.78, 5) is 14.7. The van der Waals surface area contributed by atoms with Crippen molar-refractivity contribution in [3.8, 4) is 0 Å². The van der Waals surface area contributed by atoms with Crippen molar-refractivity contribution < 1.29 is 9.53 Å². The molecule has 0 unspecified atom stereocenters. The molecule has 1 saturated heterocycles. The number of carbonyl (C=O) groups excluding carboxylic acids is 1. The van der Waals surface area contributed by atoms with Crippen molar-refractivity contribution in [2.24, 2.45) is 11.7 Å². The van der Waals surface area contributed by atoms with Gasteiger partial charge in [-0.15, -0.1) is 0 Å². The van der Waals surface area contributed by atoms with E-state index in [-0.39, 0.29) is 30.7 Å². The number of hydrogen-bond acceptors (Lipinski definition) is 4. The van der Waals surface area contributed by atoms with Crippen LogP contribution in [0.1, 0.15) is 22.7 Å². The van der Waals surface area contributed by atoms with Gasteiger partial charge in [-0.05, 0) is 16.7 Å². The van der Waals surface area contributed by atoms with E-state index in [9.17, 15) is 4.79 Å². The number of likely N-dealkylation sites (tertiary alicyclic amines) is 1. The zero-order valence-electron chi connectivity index (χ0n) is 15.6. The number of ether oxygens (including phenoxy) is 1. The third-order valence-electron chi connectivity index (χ3n) is 5.29. The molecule has 4 nitrogen and oxygen atoms in total. The lowest BCUT2D eigenvalue weighted by Gasteiger charge is -2.49. The van der Waals surface area contributed by atoms with E-state index in [1.54, 1.807) is 0 Å². The molecule has 0 amide bonds. The van der Waals surface area contributed by atoms with Crippen LogP contribution in [0.25, 0.3) is 0 Å². The molecule has 0 aromatic heterocycles. The first-order valence-corrected chi connectivity index (χ1v) is 9.56. The van der Waals surface area contributed by atoms with E-state index < -0.39 is 0 Å². The molecule has 0 saturated carbocycles. The zero-order valence-corrected chi connectivity index (χ0v) is 15.6. The van der Waals surface area contributed by atoms with E-state index in [2.05, 4.69) is 29.2 Å². The minimum atomic E-state index is -0.367. The number of esters is 1. The molecule has 4 rings (SSSR count). The number of rotatable bonds is 6. The van der Waals surface area contributed by atoms with Gasteiger partial charge in [0.1, 0.15) is 6.61 Å². The van der Waals surface area contributed by atoms with Crippen molar-refractivity contribution >= 4 is 5.97 Å². The second-order valence-corrected chi connectivity index (χ2v) is 7.11. The molecular formula is C24H24N2O2. The molecule has 1 aliphatic rings. The first kappa shape index (κ1) is 18.4. The van der Waals surface area contributed by atoms with Crippen LogP contribution in [0.2, 0.25) is 0 Å². The summed E-state index contributed by atoms with van der Waals surface area (Å²) >= 11 is 0. The van der Waals surface area contributed by atoms with Crippen molar-refractivity contribution in [1.82, 2.24) is 4.90 Å². The lowest BCUT2D eigenvalue weighted by atomic mass is 9.87. The number of nitrogens with two attached hydrogens (primary N) is 1. The Morgan fingerprint density at radius 2 is 1.39 bits per heavy atom. The molecule has 1 aliphatic heterocycles. The van der Waals surface area contributed by atoms with Gasteiger partial charge in [-0.1, -0.05) is 91.0 Å². The van der Waals surface area contributed by atoms with Crippen LogP contribution in [0.4, 0.5) is 0 Å². The summed E-state index contributed by atoms with van der Waals surface area (Å²) < 4.78 is 5.50. The summed E-state index contributed by atoms with van der Waals surface area (Å²) in [6.07, 6.45) is -0.367. The van der Waals surface area contributed by atoms with Crippen LogP contribution in [0.3, 0.4) is 0 Å². The summed E-state index contributed by atoms with van der Waals surface area (Å²) in [7, 11) is 0. The third kappa shape index (κ3) is 3.84. The predicted molar refractivity (Wildman–Crippen MR) is 109 cm³/mol. The minimum Gasteiger partial charge on any atom is -0.460 e. The van der Waals surface area contributed by atoms with Crippen molar-refractivity contribution in [3.05, 3.63) is 108 Å². The van der Waals surface area contributed by atoms with Crippen molar-refractivity contribution in [2.45, 2.75) is 18.8 Å². The summed E-state index contributed by atoms with van der Waals surface area (Å²) in [5.41, 5.74) is 9.75. The largest absolute Gasteiger partial charge is 0.460 e. The molecule has 3 aromatic carbocycles. The summed E-state index contributed by atoms with van der Waals surface area (Å²) in [6.45, 7) is 0.868. The molecule has 0 spiro atoms. The van der Waals surface area contributed by atoms with Gasteiger partial charge in [0.15, 0.2) is 0 Å². The number of hydrogen-bond donors (Lipinski definition) is 1. The predicted octanol–water partition coefficient (Wildman–Crippen LogP) is 3.74. The standard InChI is InChI=1S/C24H24N2O2/c25-23-21(24(27)28-17-18-10-4-1-5-11-18)16-26(23)22(19-12-6-2-7-13-19)20-14-8-3-9-15-20/h1-15,21-23H,16-17,25H2/t21-,23+/m1/s1. The molecule has 0 radical (unpaired) electrons. The van der Waals surface area contributed by atoms with Gasteiger partial charge in [-0.3, -0.25) is 9.69 Å². The number of carbonyl (C=O) groups is 1. The lowest BCUT2D eigenvalue weighted by Crippen LogP contribution is -2.64. The molecule has 0 bridgehead atoms. The highest BCUT2D eigenvalue weighted by Gasteiger charge is 2.46. The maximum atomic E-state index is 12.5. The minimum absolute atomic E-state index is 0.0237. The van der Waals surface area contributed by atoms with E-state index in [1.165, 1.54) is 11.1 Å². The molecular weight excluding hydrogens is 348 g/mol. The average molecular weight is 372 g/mol. The average Bonchev–Trinajstić information content (AvgIpc) is 2.76. The molecule has 4 heteroatoms. The number of benzene rings is 3. The fourth-order valence-electron chi connectivity index (χ4n) is 3.72. The summed E-state index contributed by atoms with van der Waals surface area (Å²) in [6, 6.07) is 30.3. The van der Waals surface area contributed by atoms with E-state index in [1.807, 2.05) is 66.7 Å². The fourth-order valence-corrected chi connectivity index (χ4v) is 3.72. The molecule has 0 aliphatic carbocycles. The van der Waals surface area contributed by atoms with Crippen molar-refractivity contribution in [3.63, 3.8) is 0 Å². The molecule has 3 aromatic rings. The molecule has 28 heavy (non-hydrogen) atoms. The maximum Gasteiger partial charge on any atom is 0.313 e. The highest BCUT2D eigenvalue weighted by Crippen LogP contribution is 2.37. The number of nitrogens with zero attached hydrogens (tertiary/aromatic N) is 1.